The van der Waals surface area contributed by atoms with Crippen molar-refractivity contribution in [3.05, 3.63) is 24.0 Å². The number of likely N-dealkylation sites (tertiary alicyclic amines) is 1. The van der Waals surface area contributed by atoms with E-state index in [1.165, 1.54) is 24.9 Å². The Morgan fingerprint density at radius 1 is 1.33 bits per heavy atom. The number of aromatic nitrogens is 2. The highest BCUT2D eigenvalue weighted by Gasteiger charge is 2.27. The van der Waals surface area contributed by atoms with E-state index in [0.717, 1.165) is 23.6 Å². The third-order valence-electron chi connectivity index (χ3n) is 4.51. The molecule has 1 aromatic carbocycles. The molecule has 4 nitrogen and oxygen atoms in total. The van der Waals surface area contributed by atoms with Crippen LogP contribution in [0.25, 0.3) is 11.0 Å². The third-order valence-corrected chi connectivity index (χ3v) is 4.51. The van der Waals surface area contributed by atoms with E-state index >= 15 is 0 Å². The number of rotatable bonds is 2. The average Bonchev–Trinajstić information content (AvgIpc) is 2.94. The summed E-state index contributed by atoms with van der Waals surface area (Å²) in [6.07, 6.45) is 2.57. The molecule has 114 valence electrons. The van der Waals surface area contributed by atoms with Crippen LogP contribution in [0, 0.1) is 0 Å². The molecule has 1 aliphatic rings. The molecular weight excluding hydrogens is 260 g/mol. The lowest BCUT2D eigenvalue weighted by Crippen LogP contribution is -2.31. The minimum Gasteiger partial charge on any atom is -0.399 e. The molecule has 2 heterocycles. The maximum Gasteiger partial charge on any atom is 0.115 e. The molecule has 0 amide bonds. The van der Waals surface area contributed by atoms with Gasteiger partial charge in [-0.1, -0.05) is 20.8 Å². The van der Waals surface area contributed by atoms with Crippen LogP contribution in [-0.2, 0) is 12.0 Å². The highest BCUT2D eigenvalue weighted by Crippen LogP contribution is 2.29. The molecule has 2 aromatic rings. The van der Waals surface area contributed by atoms with E-state index in [4.69, 9.17) is 10.7 Å². The number of hydrogen-bond donors (Lipinski definition) is 1. The van der Waals surface area contributed by atoms with Crippen molar-refractivity contribution in [2.24, 2.45) is 0 Å². The summed E-state index contributed by atoms with van der Waals surface area (Å²) >= 11 is 0. The van der Waals surface area contributed by atoms with Gasteiger partial charge in [-0.2, -0.15) is 0 Å². The monoisotopic (exact) mass is 286 g/mol. The first kappa shape index (κ1) is 14.4. The summed E-state index contributed by atoms with van der Waals surface area (Å²) in [4.78, 5) is 7.34. The van der Waals surface area contributed by atoms with Crippen molar-refractivity contribution < 1.29 is 0 Å². The fourth-order valence-corrected chi connectivity index (χ4v) is 3.32. The highest BCUT2D eigenvalue weighted by atomic mass is 15.2. The molecule has 3 rings (SSSR count). The lowest BCUT2D eigenvalue weighted by atomic mass is 9.95. The minimum atomic E-state index is 0.0327. The van der Waals surface area contributed by atoms with Gasteiger partial charge in [-0.05, 0) is 44.6 Å². The Morgan fingerprint density at radius 2 is 2.10 bits per heavy atom. The van der Waals surface area contributed by atoms with Gasteiger partial charge >= 0.3 is 0 Å². The van der Waals surface area contributed by atoms with Crippen molar-refractivity contribution in [2.45, 2.75) is 51.6 Å². The normalized spacial score (nSPS) is 20.5. The van der Waals surface area contributed by atoms with Crippen molar-refractivity contribution in [2.75, 3.05) is 19.3 Å². The van der Waals surface area contributed by atoms with E-state index in [-0.39, 0.29) is 5.41 Å². The second-order valence-corrected chi connectivity index (χ2v) is 7.32. The van der Waals surface area contributed by atoms with Gasteiger partial charge in [-0.15, -0.1) is 0 Å². The van der Waals surface area contributed by atoms with Crippen LogP contribution in [-0.4, -0.2) is 34.1 Å². The first-order chi connectivity index (χ1) is 9.86. The molecule has 1 saturated heterocycles. The molecule has 21 heavy (non-hydrogen) atoms. The third kappa shape index (κ3) is 2.64. The maximum absolute atomic E-state index is 5.92. The molecule has 1 unspecified atom stereocenters. The molecular formula is C17H26N4. The van der Waals surface area contributed by atoms with Crippen LogP contribution in [0.1, 0.15) is 39.4 Å². The topological polar surface area (TPSA) is 47.1 Å². The molecule has 0 radical (unpaired) electrons. The fraction of sp³-hybridized carbons (Fsp3) is 0.588. The molecule has 0 aliphatic carbocycles. The summed E-state index contributed by atoms with van der Waals surface area (Å²) in [6, 6.07) is 6.69. The van der Waals surface area contributed by atoms with Gasteiger partial charge in [0.05, 0.1) is 11.0 Å². The van der Waals surface area contributed by atoms with Crippen molar-refractivity contribution in [3.63, 3.8) is 0 Å². The van der Waals surface area contributed by atoms with Crippen LogP contribution in [0.5, 0.6) is 0 Å². The van der Waals surface area contributed by atoms with Gasteiger partial charge in [0.2, 0.25) is 0 Å². The van der Waals surface area contributed by atoms with Gasteiger partial charge in [0, 0.05) is 23.7 Å². The maximum atomic E-state index is 5.92. The Balaban J connectivity index is 2.09. The number of likely N-dealkylation sites (N-methyl/N-ethyl adjacent to an activating group) is 1. The summed E-state index contributed by atoms with van der Waals surface area (Å²) in [5, 5.41) is 0. The van der Waals surface area contributed by atoms with E-state index in [2.05, 4.69) is 43.4 Å². The van der Waals surface area contributed by atoms with Crippen molar-refractivity contribution in [1.29, 1.82) is 0 Å². The molecule has 0 bridgehead atoms. The van der Waals surface area contributed by atoms with E-state index in [1.807, 2.05) is 12.1 Å². The molecule has 4 heteroatoms. The quantitative estimate of drug-likeness (QED) is 0.863. The zero-order valence-electron chi connectivity index (χ0n) is 13.6. The van der Waals surface area contributed by atoms with E-state index < -0.39 is 0 Å². The molecule has 1 aromatic heterocycles. The van der Waals surface area contributed by atoms with Crippen molar-refractivity contribution >= 4 is 16.7 Å². The van der Waals surface area contributed by atoms with E-state index in [9.17, 15) is 0 Å². The minimum absolute atomic E-state index is 0.0327. The standard InChI is InChI=1S/C17H26N4/c1-17(2,3)16-19-14-10-12(18)7-8-15(14)21(16)11-13-6-5-9-20(13)4/h7-8,10,13H,5-6,9,11,18H2,1-4H3. The zero-order valence-corrected chi connectivity index (χ0v) is 13.6. The fourth-order valence-electron chi connectivity index (χ4n) is 3.32. The summed E-state index contributed by atoms with van der Waals surface area (Å²) in [5.74, 6) is 1.16. The Morgan fingerprint density at radius 3 is 2.71 bits per heavy atom. The number of anilines is 1. The second kappa shape index (κ2) is 5.02. The van der Waals surface area contributed by atoms with Crippen LogP contribution in [0.3, 0.4) is 0 Å². The molecule has 1 fully saturated rings. The van der Waals surface area contributed by atoms with E-state index in [1.54, 1.807) is 0 Å². The Bertz CT molecular complexity index is 651. The summed E-state index contributed by atoms with van der Waals surface area (Å²) in [7, 11) is 2.23. The Labute approximate surface area is 126 Å². The first-order valence-electron chi connectivity index (χ1n) is 7.83. The Kier molecular flexibility index (Phi) is 3.44. The lowest BCUT2D eigenvalue weighted by molar-refractivity contribution is 0.278. The number of benzene rings is 1. The number of nitrogens with zero attached hydrogens (tertiary/aromatic N) is 3. The molecule has 1 atom stereocenters. The predicted octanol–water partition coefficient (Wildman–Crippen LogP) is 3.01. The van der Waals surface area contributed by atoms with Crippen molar-refractivity contribution in [3.8, 4) is 0 Å². The number of hydrogen-bond acceptors (Lipinski definition) is 3. The smallest absolute Gasteiger partial charge is 0.115 e. The van der Waals surface area contributed by atoms with Crippen LogP contribution in [0.2, 0.25) is 0 Å². The predicted molar refractivity (Wildman–Crippen MR) is 88.5 cm³/mol. The summed E-state index contributed by atoms with van der Waals surface area (Å²) in [5.41, 5.74) is 8.95. The molecule has 0 spiro atoms. The summed E-state index contributed by atoms with van der Waals surface area (Å²) in [6.45, 7) is 8.91. The van der Waals surface area contributed by atoms with Crippen molar-refractivity contribution in [1.82, 2.24) is 14.5 Å². The second-order valence-electron chi connectivity index (χ2n) is 7.32. The first-order valence-corrected chi connectivity index (χ1v) is 7.83. The van der Waals surface area contributed by atoms with Crippen LogP contribution >= 0.6 is 0 Å². The van der Waals surface area contributed by atoms with Crippen LogP contribution in [0.4, 0.5) is 5.69 Å². The molecule has 0 saturated carbocycles. The number of nitrogen functional groups attached to an aromatic ring is 1. The van der Waals surface area contributed by atoms with Crippen LogP contribution < -0.4 is 5.73 Å². The van der Waals surface area contributed by atoms with Gasteiger partial charge in [0.15, 0.2) is 0 Å². The number of fused-ring (bicyclic) bond motifs is 1. The average molecular weight is 286 g/mol. The molecule has 2 N–H and O–H groups in total. The van der Waals surface area contributed by atoms with Gasteiger partial charge in [-0.3, -0.25) is 0 Å². The van der Waals surface area contributed by atoms with Gasteiger partial charge in [0.25, 0.3) is 0 Å². The largest absolute Gasteiger partial charge is 0.399 e. The number of imidazole rings is 1. The van der Waals surface area contributed by atoms with E-state index in [0.29, 0.717) is 6.04 Å². The van der Waals surface area contributed by atoms with Gasteiger partial charge in [0.1, 0.15) is 5.82 Å². The van der Waals surface area contributed by atoms with Gasteiger partial charge in [-0.25, -0.2) is 4.98 Å². The highest BCUT2D eigenvalue weighted by molar-refractivity contribution is 5.80. The molecule has 1 aliphatic heterocycles. The number of nitrogens with two attached hydrogens (primary N) is 1. The van der Waals surface area contributed by atoms with Gasteiger partial charge < -0.3 is 15.2 Å². The Hall–Kier alpha value is -1.55. The SMILES string of the molecule is CN1CCCC1Cn1c(C(C)(C)C)nc2cc(N)ccc21. The lowest BCUT2D eigenvalue weighted by Gasteiger charge is -2.25. The zero-order chi connectivity index (χ0) is 15.2. The summed E-state index contributed by atoms with van der Waals surface area (Å²) < 4.78 is 2.40. The van der Waals surface area contributed by atoms with Crippen LogP contribution in [0.15, 0.2) is 18.2 Å².